The van der Waals surface area contributed by atoms with Crippen molar-refractivity contribution in [1.29, 1.82) is 0 Å². The summed E-state index contributed by atoms with van der Waals surface area (Å²) in [6.07, 6.45) is 6.71. The SMILES string of the molecule is CN=C(NCCn1ccnc1)NC1CCN(c2ccccc2)C1. The van der Waals surface area contributed by atoms with Gasteiger partial charge in [0.2, 0.25) is 0 Å². The van der Waals surface area contributed by atoms with E-state index in [1.807, 2.05) is 24.1 Å². The second-order valence-electron chi connectivity index (χ2n) is 5.71. The summed E-state index contributed by atoms with van der Waals surface area (Å²) in [5.41, 5.74) is 1.29. The van der Waals surface area contributed by atoms with Gasteiger partial charge < -0.3 is 20.1 Å². The first-order valence-corrected chi connectivity index (χ1v) is 8.08. The van der Waals surface area contributed by atoms with Gasteiger partial charge in [0.05, 0.1) is 6.33 Å². The van der Waals surface area contributed by atoms with Gasteiger partial charge in [-0.1, -0.05) is 18.2 Å². The molecule has 1 fully saturated rings. The third-order valence-electron chi connectivity index (χ3n) is 4.10. The molecule has 1 aliphatic rings. The number of para-hydroxylation sites is 1. The Labute approximate surface area is 137 Å². The van der Waals surface area contributed by atoms with Crippen molar-refractivity contribution < 1.29 is 0 Å². The number of benzene rings is 1. The largest absolute Gasteiger partial charge is 0.369 e. The van der Waals surface area contributed by atoms with Crippen molar-refractivity contribution in [1.82, 2.24) is 20.2 Å². The van der Waals surface area contributed by atoms with E-state index in [1.165, 1.54) is 5.69 Å². The Morgan fingerprint density at radius 2 is 2.22 bits per heavy atom. The standard InChI is InChI=1S/C17H24N6/c1-18-17(20-9-12-22-11-8-19-14-22)21-15-7-10-23(13-15)16-5-3-2-4-6-16/h2-6,8,11,14-15H,7,9-10,12-13H2,1H3,(H2,18,20,21). The summed E-state index contributed by atoms with van der Waals surface area (Å²) >= 11 is 0. The molecule has 2 heterocycles. The summed E-state index contributed by atoms with van der Waals surface area (Å²) < 4.78 is 2.05. The summed E-state index contributed by atoms with van der Waals surface area (Å²) in [5, 5.41) is 6.88. The van der Waals surface area contributed by atoms with Crippen LogP contribution in [-0.4, -0.2) is 48.2 Å². The van der Waals surface area contributed by atoms with Crippen molar-refractivity contribution in [2.45, 2.75) is 19.0 Å². The molecule has 0 saturated carbocycles. The molecule has 6 nitrogen and oxygen atoms in total. The fourth-order valence-electron chi connectivity index (χ4n) is 2.86. The Bertz CT molecular complexity index is 607. The number of nitrogens with one attached hydrogen (secondary N) is 2. The lowest BCUT2D eigenvalue weighted by Crippen LogP contribution is -2.45. The van der Waals surface area contributed by atoms with E-state index in [0.29, 0.717) is 6.04 Å². The molecule has 0 spiro atoms. The van der Waals surface area contributed by atoms with E-state index in [-0.39, 0.29) is 0 Å². The minimum atomic E-state index is 0.426. The van der Waals surface area contributed by atoms with Crippen LogP contribution < -0.4 is 15.5 Å². The second-order valence-corrected chi connectivity index (χ2v) is 5.71. The van der Waals surface area contributed by atoms with Crippen LogP contribution in [0.5, 0.6) is 0 Å². The number of aromatic nitrogens is 2. The Hall–Kier alpha value is -2.50. The highest BCUT2D eigenvalue weighted by molar-refractivity contribution is 5.80. The molecule has 122 valence electrons. The van der Waals surface area contributed by atoms with Crippen LogP contribution in [0.1, 0.15) is 6.42 Å². The number of rotatable bonds is 5. The number of guanidine groups is 1. The van der Waals surface area contributed by atoms with Crippen LogP contribution in [0.2, 0.25) is 0 Å². The molecule has 0 aliphatic carbocycles. The molecule has 6 heteroatoms. The average Bonchev–Trinajstić information content (AvgIpc) is 3.26. The first-order chi connectivity index (χ1) is 11.3. The first kappa shape index (κ1) is 15.4. The van der Waals surface area contributed by atoms with E-state index in [9.17, 15) is 0 Å². The minimum absolute atomic E-state index is 0.426. The normalized spacial score (nSPS) is 18.2. The van der Waals surface area contributed by atoms with E-state index in [0.717, 1.165) is 38.6 Å². The number of nitrogens with zero attached hydrogens (tertiary/aromatic N) is 4. The van der Waals surface area contributed by atoms with E-state index in [2.05, 4.69) is 55.8 Å². The third kappa shape index (κ3) is 4.25. The molecule has 1 aromatic heterocycles. The van der Waals surface area contributed by atoms with Crippen LogP contribution in [0.3, 0.4) is 0 Å². The smallest absolute Gasteiger partial charge is 0.191 e. The number of hydrogen-bond donors (Lipinski definition) is 2. The van der Waals surface area contributed by atoms with Crippen molar-refractivity contribution in [3.8, 4) is 0 Å². The van der Waals surface area contributed by atoms with Crippen LogP contribution in [0.15, 0.2) is 54.0 Å². The summed E-state index contributed by atoms with van der Waals surface area (Å²) in [7, 11) is 1.82. The van der Waals surface area contributed by atoms with Crippen molar-refractivity contribution in [2.75, 3.05) is 31.6 Å². The first-order valence-electron chi connectivity index (χ1n) is 8.08. The highest BCUT2D eigenvalue weighted by Crippen LogP contribution is 2.19. The number of hydrogen-bond acceptors (Lipinski definition) is 3. The van der Waals surface area contributed by atoms with Gasteiger partial charge in [-0.3, -0.25) is 4.99 Å². The number of anilines is 1. The predicted octanol–water partition coefficient (Wildman–Crippen LogP) is 1.33. The maximum atomic E-state index is 4.32. The number of imidazole rings is 1. The molecule has 2 aromatic rings. The highest BCUT2D eigenvalue weighted by Gasteiger charge is 2.23. The van der Waals surface area contributed by atoms with Gasteiger partial charge in [0.1, 0.15) is 0 Å². The van der Waals surface area contributed by atoms with Gasteiger partial charge in [0.25, 0.3) is 0 Å². The molecule has 1 unspecified atom stereocenters. The molecule has 3 rings (SSSR count). The third-order valence-corrected chi connectivity index (χ3v) is 4.10. The molecule has 1 saturated heterocycles. The fourth-order valence-corrected chi connectivity index (χ4v) is 2.86. The van der Waals surface area contributed by atoms with Crippen LogP contribution in [0.25, 0.3) is 0 Å². The maximum absolute atomic E-state index is 4.32. The zero-order valence-corrected chi connectivity index (χ0v) is 13.5. The zero-order valence-electron chi connectivity index (χ0n) is 13.5. The summed E-state index contributed by atoms with van der Waals surface area (Å²) in [6, 6.07) is 11.0. The molecular formula is C17H24N6. The average molecular weight is 312 g/mol. The van der Waals surface area contributed by atoms with Crippen molar-refractivity contribution in [3.05, 3.63) is 49.1 Å². The van der Waals surface area contributed by atoms with E-state index in [1.54, 1.807) is 6.20 Å². The quantitative estimate of drug-likeness (QED) is 0.646. The number of aliphatic imine (C=N–C) groups is 1. The van der Waals surface area contributed by atoms with Crippen LogP contribution >= 0.6 is 0 Å². The fraction of sp³-hybridized carbons (Fsp3) is 0.412. The van der Waals surface area contributed by atoms with Gasteiger partial charge in [-0.15, -0.1) is 0 Å². The van der Waals surface area contributed by atoms with Gasteiger partial charge >= 0.3 is 0 Å². The predicted molar refractivity (Wildman–Crippen MR) is 93.8 cm³/mol. The van der Waals surface area contributed by atoms with Crippen LogP contribution in [0.4, 0.5) is 5.69 Å². The monoisotopic (exact) mass is 312 g/mol. The summed E-state index contributed by atoms with van der Waals surface area (Å²) in [6.45, 7) is 3.78. The molecule has 1 aromatic carbocycles. The van der Waals surface area contributed by atoms with Gasteiger partial charge in [0, 0.05) is 57.3 Å². The molecule has 2 N–H and O–H groups in total. The second kappa shape index (κ2) is 7.67. The Morgan fingerprint density at radius 3 is 2.96 bits per heavy atom. The van der Waals surface area contributed by atoms with Gasteiger partial charge in [0.15, 0.2) is 5.96 Å². The van der Waals surface area contributed by atoms with Crippen LogP contribution in [0, 0.1) is 0 Å². The van der Waals surface area contributed by atoms with E-state index in [4.69, 9.17) is 0 Å². The van der Waals surface area contributed by atoms with Crippen molar-refractivity contribution in [2.24, 2.45) is 4.99 Å². The minimum Gasteiger partial charge on any atom is -0.369 e. The van der Waals surface area contributed by atoms with E-state index >= 15 is 0 Å². The van der Waals surface area contributed by atoms with E-state index < -0.39 is 0 Å². The summed E-state index contributed by atoms with van der Waals surface area (Å²) in [5.74, 6) is 0.866. The lowest BCUT2D eigenvalue weighted by atomic mass is 10.3. The highest BCUT2D eigenvalue weighted by atomic mass is 15.2. The topological polar surface area (TPSA) is 57.5 Å². The molecule has 0 amide bonds. The molecule has 0 radical (unpaired) electrons. The van der Waals surface area contributed by atoms with Crippen LogP contribution in [-0.2, 0) is 6.54 Å². The lowest BCUT2D eigenvalue weighted by Gasteiger charge is -2.20. The zero-order chi connectivity index (χ0) is 15.9. The lowest BCUT2D eigenvalue weighted by molar-refractivity contribution is 0.625. The van der Waals surface area contributed by atoms with Gasteiger partial charge in [-0.25, -0.2) is 4.98 Å². The molecule has 23 heavy (non-hydrogen) atoms. The van der Waals surface area contributed by atoms with Gasteiger partial charge in [-0.05, 0) is 18.6 Å². The Morgan fingerprint density at radius 1 is 1.35 bits per heavy atom. The summed E-state index contributed by atoms with van der Waals surface area (Å²) in [4.78, 5) is 10.8. The molecule has 1 aliphatic heterocycles. The Kier molecular flexibility index (Phi) is 5.13. The van der Waals surface area contributed by atoms with Gasteiger partial charge in [-0.2, -0.15) is 0 Å². The van der Waals surface area contributed by atoms with Crippen molar-refractivity contribution in [3.63, 3.8) is 0 Å². The Balaban J connectivity index is 1.44. The molecule has 1 atom stereocenters. The molecular weight excluding hydrogens is 288 g/mol. The van der Waals surface area contributed by atoms with Crippen molar-refractivity contribution >= 4 is 11.6 Å². The molecule has 0 bridgehead atoms. The maximum Gasteiger partial charge on any atom is 0.191 e.